The molecule has 0 saturated carbocycles. The molecule has 0 spiro atoms. The van der Waals surface area contributed by atoms with Crippen LogP contribution in [-0.2, 0) is 20.7 Å². The highest BCUT2D eigenvalue weighted by Gasteiger charge is 2.06. The van der Waals surface area contributed by atoms with Crippen LogP contribution in [0, 0.1) is 0 Å². The van der Waals surface area contributed by atoms with Crippen LogP contribution in [0.15, 0.2) is 48.5 Å². The fraction of sp³-hybridized carbons (Fsp3) is 0.222. The third-order valence-corrected chi connectivity index (χ3v) is 3.38. The Morgan fingerprint density at radius 3 is 2.42 bits per heavy atom. The summed E-state index contributed by atoms with van der Waals surface area (Å²) in [5, 5.41) is 3.18. The molecule has 0 aromatic heterocycles. The number of amides is 1. The maximum Gasteiger partial charge on any atom is 0.310 e. The first-order valence-corrected chi connectivity index (χ1v) is 7.82. The van der Waals surface area contributed by atoms with Crippen molar-refractivity contribution in [3.8, 4) is 5.75 Å². The van der Waals surface area contributed by atoms with Crippen LogP contribution in [0.1, 0.15) is 12.5 Å². The average Bonchev–Trinajstić information content (AvgIpc) is 2.54. The predicted octanol–water partition coefficient (Wildman–Crippen LogP) is 3.46. The first-order valence-electron chi connectivity index (χ1n) is 7.44. The predicted molar refractivity (Wildman–Crippen MR) is 92.4 cm³/mol. The molecule has 0 aliphatic carbocycles. The van der Waals surface area contributed by atoms with E-state index in [1.165, 1.54) is 6.92 Å². The third-order valence-electron chi connectivity index (χ3n) is 3.06. The van der Waals surface area contributed by atoms with Crippen molar-refractivity contribution in [3.05, 3.63) is 59.1 Å². The fourth-order valence-corrected chi connectivity index (χ4v) is 2.19. The van der Waals surface area contributed by atoms with Gasteiger partial charge in [-0.25, -0.2) is 0 Å². The van der Waals surface area contributed by atoms with Crippen LogP contribution in [-0.4, -0.2) is 25.1 Å². The van der Waals surface area contributed by atoms with Gasteiger partial charge in [-0.05, 0) is 29.8 Å². The average molecular weight is 348 g/mol. The second-order valence-corrected chi connectivity index (χ2v) is 5.46. The molecular weight excluding hydrogens is 330 g/mol. The van der Waals surface area contributed by atoms with E-state index >= 15 is 0 Å². The van der Waals surface area contributed by atoms with Crippen LogP contribution in [0.2, 0.25) is 5.02 Å². The van der Waals surface area contributed by atoms with E-state index in [9.17, 15) is 9.59 Å². The molecule has 0 atom stereocenters. The van der Waals surface area contributed by atoms with E-state index in [4.69, 9.17) is 21.1 Å². The van der Waals surface area contributed by atoms with Gasteiger partial charge in [-0.1, -0.05) is 35.9 Å². The second-order valence-electron chi connectivity index (χ2n) is 5.05. The largest absolute Gasteiger partial charge is 0.488 e. The van der Waals surface area contributed by atoms with Crippen molar-refractivity contribution in [1.29, 1.82) is 0 Å². The zero-order chi connectivity index (χ0) is 17.4. The van der Waals surface area contributed by atoms with Crippen LogP contribution >= 0.6 is 11.6 Å². The quantitative estimate of drug-likeness (QED) is 0.615. The number of para-hydroxylation sites is 1. The number of ether oxygens (including phenoxy) is 2. The van der Waals surface area contributed by atoms with Gasteiger partial charge in [-0.2, -0.15) is 0 Å². The SMILES string of the molecule is CC(=O)Nc1ccc(CC(=O)OCCOc2ccccc2Cl)cc1. The zero-order valence-corrected chi connectivity index (χ0v) is 14.0. The molecule has 5 nitrogen and oxygen atoms in total. The lowest BCUT2D eigenvalue weighted by atomic mass is 10.1. The number of esters is 1. The van der Waals surface area contributed by atoms with Crippen LogP contribution in [0.25, 0.3) is 0 Å². The van der Waals surface area contributed by atoms with Gasteiger partial charge in [-0.3, -0.25) is 9.59 Å². The molecule has 0 aliphatic heterocycles. The molecule has 1 N–H and O–H groups in total. The topological polar surface area (TPSA) is 64.6 Å². The Morgan fingerprint density at radius 1 is 1.04 bits per heavy atom. The number of carbonyl (C=O) groups excluding carboxylic acids is 2. The number of hydrogen-bond acceptors (Lipinski definition) is 4. The van der Waals surface area contributed by atoms with E-state index in [-0.39, 0.29) is 31.5 Å². The minimum atomic E-state index is -0.343. The van der Waals surface area contributed by atoms with Crippen molar-refractivity contribution < 1.29 is 19.1 Å². The van der Waals surface area contributed by atoms with E-state index in [0.29, 0.717) is 16.5 Å². The molecule has 0 fully saturated rings. The standard InChI is InChI=1S/C18H18ClNO4/c1-13(21)20-15-8-6-14(7-9-15)12-18(22)24-11-10-23-17-5-3-2-4-16(17)19/h2-9H,10-12H2,1H3,(H,20,21). The summed E-state index contributed by atoms with van der Waals surface area (Å²) in [6, 6.07) is 14.1. The Labute approximate surface area is 145 Å². The smallest absolute Gasteiger partial charge is 0.310 e. The maximum absolute atomic E-state index is 11.8. The Kier molecular flexibility index (Phi) is 6.63. The molecule has 0 radical (unpaired) electrons. The highest BCUT2D eigenvalue weighted by atomic mass is 35.5. The fourth-order valence-electron chi connectivity index (χ4n) is 2.00. The van der Waals surface area contributed by atoms with Gasteiger partial charge in [0.05, 0.1) is 11.4 Å². The number of rotatable bonds is 7. The minimum Gasteiger partial charge on any atom is -0.488 e. The number of nitrogens with one attached hydrogen (secondary N) is 1. The molecule has 0 heterocycles. The number of hydrogen-bond donors (Lipinski definition) is 1. The molecule has 2 aromatic carbocycles. The van der Waals surface area contributed by atoms with E-state index < -0.39 is 0 Å². The van der Waals surface area contributed by atoms with E-state index in [1.54, 1.807) is 36.4 Å². The van der Waals surface area contributed by atoms with Crippen LogP contribution < -0.4 is 10.1 Å². The van der Waals surface area contributed by atoms with Gasteiger partial charge in [0.15, 0.2) is 0 Å². The normalized spacial score (nSPS) is 10.1. The molecule has 24 heavy (non-hydrogen) atoms. The van der Waals surface area contributed by atoms with Crippen molar-refractivity contribution in [2.75, 3.05) is 18.5 Å². The zero-order valence-electron chi connectivity index (χ0n) is 13.3. The third kappa shape index (κ3) is 5.93. The molecule has 6 heteroatoms. The van der Waals surface area contributed by atoms with Gasteiger partial charge in [0, 0.05) is 12.6 Å². The molecule has 0 saturated heterocycles. The van der Waals surface area contributed by atoms with Gasteiger partial charge in [0.2, 0.25) is 5.91 Å². The molecule has 2 aromatic rings. The van der Waals surface area contributed by atoms with E-state index in [1.807, 2.05) is 12.1 Å². The van der Waals surface area contributed by atoms with Crippen LogP contribution in [0.5, 0.6) is 5.75 Å². The maximum atomic E-state index is 11.8. The van der Waals surface area contributed by atoms with Crippen molar-refractivity contribution >= 4 is 29.2 Å². The molecule has 1 amide bonds. The lowest BCUT2D eigenvalue weighted by molar-refractivity contribution is -0.143. The highest BCUT2D eigenvalue weighted by molar-refractivity contribution is 6.32. The number of benzene rings is 2. The minimum absolute atomic E-state index is 0.138. The number of halogens is 1. The van der Waals surface area contributed by atoms with E-state index in [2.05, 4.69) is 5.32 Å². The monoisotopic (exact) mass is 347 g/mol. The second kappa shape index (κ2) is 8.93. The molecular formula is C18H18ClNO4. The molecule has 126 valence electrons. The summed E-state index contributed by atoms with van der Waals surface area (Å²) in [5.74, 6) is 0.0782. The Hall–Kier alpha value is -2.53. The van der Waals surface area contributed by atoms with Gasteiger partial charge in [0.1, 0.15) is 19.0 Å². The van der Waals surface area contributed by atoms with Gasteiger partial charge in [-0.15, -0.1) is 0 Å². The van der Waals surface area contributed by atoms with Crippen LogP contribution in [0.4, 0.5) is 5.69 Å². The molecule has 0 unspecified atom stereocenters. The number of anilines is 1. The Bertz CT molecular complexity index is 700. The lowest BCUT2D eigenvalue weighted by Gasteiger charge is -2.09. The van der Waals surface area contributed by atoms with Crippen molar-refractivity contribution in [3.63, 3.8) is 0 Å². The Balaban J connectivity index is 1.71. The number of carbonyl (C=O) groups is 2. The van der Waals surface area contributed by atoms with Gasteiger partial charge in [0.25, 0.3) is 0 Å². The lowest BCUT2D eigenvalue weighted by Crippen LogP contribution is -2.14. The summed E-state index contributed by atoms with van der Waals surface area (Å²) >= 11 is 5.96. The summed E-state index contributed by atoms with van der Waals surface area (Å²) in [4.78, 5) is 22.7. The summed E-state index contributed by atoms with van der Waals surface area (Å²) in [5.41, 5.74) is 1.49. The van der Waals surface area contributed by atoms with Crippen molar-refractivity contribution in [2.45, 2.75) is 13.3 Å². The van der Waals surface area contributed by atoms with Crippen molar-refractivity contribution in [1.82, 2.24) is 0 Å². The van der Waals surface area contributed by atoms with Gasteiger partial charge >= 0.3 is 5.97 Å². The first kappa shape index (κ1) is 17.8. The Morgan fingerprint density at radius 2 is 1.75 bits per heavy atom. The summed E-state index contributed by atoms with van der Waals surface area (Å²) in [6.07, 6.45) is 0.159. The summed E-state index contributed by atoms with van der Waals surface area (Å²) < 4.78 is 10.6. The first-order chi connectivity index (χ1) is 11.5. The molecule has 0 aliphatic rings. The molecule has 2 rings (SSSR count). The summed E-state index contributed by atoms with van der Waals surface area (Å²) in [6.45, 7) is 1.82. The van der Waals surface area contributed by atoms with Gasteiger partial charge < -0.3 is 14.8 Å². The summed E-state index contributed by atoms with van der Waals surface area (Å²) in [7, 11) is 0. The molecule has 0 bridgehead atoms. The van der Waals surface area contributed by atoms with Crippen LogP contribution in [0.3, 0.4) is 0 Å². The van der Waals surface area contributed by atoms with E-state index in [0.717, 1.165) is 5.56 Å². The highest BCUT2D eigenvalue weighted by Crippen LogP contribution is 2.22. The van der Waals surface area contributed by atoms with Crippen molar-refractivity contribution in [2.24, 2.45) is 0 Å².